The quantitative estimate of drug-likeness (QED) is 0.738. The number of hydrogen-bond donors (Lipinski definition) is 0. The second-order valence-electron chi connectivity index (χ2n) is 4.65. The lowest BCUT2D eigenvalue weighted by Gasteiger charge is -2.03. The summed E-state index contributed by atoms with van der Waals surface area (Å²) in [7, 11) is 1.82. The molecule has 6 heteroatoms. The summed E-state index contributed by atoms with van der Waals surface area (Å²) in [5.41, 5.74) is 1.62. The van der Waals surface area contributed by atoms with Crippen molar-refractivity contribution >= 4 is 40.7 Å². The lowest BCUT2D eigenvalue weighted by atomic mass is 10.2. The molecule has 0 N–H and O–H groups in total. The Morgan fingerprint density at radius 1 is 1.38 bits per heavy atom. The third-order valence-electron chi connectivity index (χ3n) is 3.06. The monoisotopic (exact) mass is 342 g/mol. The zero-order valence-electron chi connectivity index (χ0n) is 11.9. The summed E-state index contributed by atoms with van der Waals surface area (Å²) in [5.74, 6) is 0.510. The minimum Gasteiger partial charge on any atom is -0.298 e. The van der Waals surface area contributed by atoms with Crippen LogP contribution in [0.25, 0.3) is 0 Å². The van der Waals surface area contributed by atoms with Crippen molar-refractivity contribution < 1.29 is 4.79 Å². The molecule has 2 rings (SSSR count). The third kappa shape index (κ3) is 4.25. The maximum Gasteiger partial charge on any atom is 0.149 e. The second kappa shape index (κ2) is 7.34. The smallest absolute Gasteiger partial charge is 0.149 e. The van der Waals surface area contributed by atoms with Gasteiger partial charge >= 0.3 is 0 Å². The van der Waals surface area contributed by atoms with E-state index in [1.807, 2.05) is 38.2 Å². The number of rotatable bonds is 6. The van der Waals surface area contributed by atoms with Gasteiger partial charge in [-0.25, -0.2) is 0 Å². The van der Waals surface area contributed by atoms with Crippen molar-refractivity contribution in [2.45, 2.75) is 24.7 Å². The Kier molecular flexibility index (Phi) is 5.73. The molecule has 21 heavy (non-hydrogen) atoms. The number of halogens is 2. The zero-order valence-corrected chi connectivity index (χ0v) is 14.2. The van der Waals surface area contributed by atoms with Gasteiger partial charge in [-0.2, -0.15) is 5.10 Å². The van der Waals surface area contributed by atoms with Crippen molar-refractivity contribution in [1.82, 2.24) is 9.78 Å². The number of benzene rings is 1. The molecule has 0 atom stereocenters. The predicted octanol–water partition coefficient (Wildman–Crippen LogP) is 4.19. The molecule has 2 aromatic rings. The molecule has 0 saturated heterocycles. The maximum atomic E-state index is 12.1. The number of carbonyl (C=O) groups excluding carboxylic acids is 1. The lowest BCUT2D eigenvalue weighted by Crippen LogP contribution is -2.10. The highest BCUT2D eigenvalue weighted by Crippen LogP contribution is 2.24. The standard InChI is InChI=1S/C15H16Cl2N2OS/c1-3-13-15(17)14(19(2)18-13)8-11(20)9-21-12-6-4-5-10(16)7-12/h4-7H,3,8-9H2,1-2H3. The van der Waals surface area contributed by atoms with E-state index < -0.39 is 0 Å². The van der Waals surface area contributed by atoms with E-state index in [0.29, 0.717) is 22.2 Å². The van der Waals surface area contributed by atoms with Crippen LogP contribution in [-0.2, 0) is 24.7 Å². The van der Waals surface area contributed by atoms with Gasteiger partial charge in [0.2, 0.25) is 0 Å². The Bertz CT molecular complexity index is 655. The van der Waals surface area contributed by atoms with Crippen LogP contribution in [0.5, 0.6) is 0 Å². The van der Waals surface area contributed by atoms with E-state index in [-0.39, 0.29) is 5.78 Å². The molecule has 0 aliphatic rings. The minimum absolute atomic E-state index is 0.118. The van der Waals surface area contributed by atoms with Gasteiger partial charge in [0.05, 0.1) is 28.6 Å². The van der Waals surface area contributed by atoms with Gasteiger partial charge < -0.3 is 0 Å². The van der Waals surface area contributed by atoms with Crippen LogP contribution < -0.4 is 0 Å². The van der Waals surface area contributed by atoms with Gasteiger partial charge in [-0.1, -0.05) is 36.2 Å². The highest BCUT2D eigenvalue weighted by molar-refractivity contribution is 8.00. The molecule has 0 radical (unpaired) electrons. The van der Waals surface area contributed by atoms with Crippen LogP contribution in [-0.4, -0.2) is 21.3 Å². The molecule has 0 spiro atoms. The van der Waals surface area contributed by atoms with Crippen molar-refractivity contribution in [1.29, 1.82) is 0 Å². The first-order valence-electron chi connectivity index (χ1n) is 6.61. The van der Waals surface area contributed by atoms with E-state index in [4.69, 9.17) is 23.2 Å². The van der Waals surface area contributed by atoms with Gasteiger partial charge in [-0.05, 0) is 24.6 Å². The second-order valence-corrected chi connectivity index (χ2v) is 6.51. The minimum atomic E-state index is 0.118. The Hall–Kier alpha value is -0.970. The summed E-state index contributed by atoms with van der Waals surface area (Å²) in [4.78, 5) is 13.1. The van der Waals surface area contributed by atoms with Crippen molar-refractivity contribution in [3.8, 4) is 0 Å². The highest BCUT2D eigenvalue weighted by atomic mass is 35.5. The van der Waals surface area contributed by atoms with Crippen LogP contribution in [0.3, 0.4) is 0 Å². The first kappa shape index (κ1) is 16.4. The van der Waals surface area contributed by atoms with Crippen LogP contribution in [0.1, 0.15) is 18.3 Å². The molecular formula is C15H16Cl2N2OS. The summed E-state index contributed by atoms with van der Waals surface area (Å²) in [6.45, 7) is 1.99. The zero-order chi connectivity index (χ0) is 15.4. The molecule has 0 aliphatic carbocycles. The first-order valence-corrected chi connectivity index (χ1v) is 8.35. The van der Waals surface area contributed by atoms with Crippen LogP contribution in [0, 0.1) is 0 Å². The van der Waals surface area contributed by atoms with Crippen LogP contribution in [0.4, 0.5) is 0 Å². The largest absolute Gasteiger partial charge is 0.298 e. The number of ketones is 1. The Morgan fingerprint density at radius 3 is 2.76 bits per heavy atom. The van der Waals surface area contributed by atoms with Crippen molar-refractivity contribution in [2.24, 2.45) is 7.05 Å². The number of aryl methyl sites for hydroxylation is 2. The van der Waals surface area contributed by atoms with Gasteiger partial charge in [-0.15, -0.1) is 11.8 Å². The molecule has 0 amide bonds. The summed E-state index contributed by atoms with van der Waals surface area (Å²) >= 11 is 13.7. The predicted molar refractivity (Wildman–Crippen MR) is 88.5 cm³/mol. The third-order valence-corrected chi connectivity index (χ3v) is 4.79. The van der Waals surface area contributed by atoms with Gasteiger partial charge in [0.25, 0.3) is 0 Å². The highest BCUT2D eigenvalue weighted by Gasteiger charge is 2.16. The lowest BCUT2D eigenvalue weighted by molar-refractivity contribution is -0.116. The number of Topliss-reactive ketones (excluding diaryl/α,β-unsaturated/α-hetero) is 1. The van der Waals surface area contributed by atoms with Crippen molar-refractivity contribution in [3.63, 3.8) is 0 Å². The fraction of sp³-hybridized carbons (Fsp3) is 0.333. The Labute approximate surface area is 138 Å². The summed E-state index contributed by atoms with van der Waals surface area (Å²) in [6, 6.07) is 7.48. The van der Waals surface area contributed by atoms with Crippen LogP contribution in [0.2, 0.25) is 10.0 Å². The van der Waals surface area contributed by atoms with Gasteiger partial charge in [0.15, 0.2) is 0 Å². The number of hydrogen-bond acceptors (Lipinski definition) is 3. The fourth-order valence-corrected chi connectivity index (χ4v) is 3.40. The summed E-state index contributed by atoms with van der Waals surface area (Å²) < 4.78 is 1.70. The van der Waals surface area contributed by atoms with Gasteiger partial charge in [-0.3, -0.25) is 9.48 Å². The summed E-state index contributed by atoms with van der Waals surface area (Å²) in [5, 5.41) is 5.61. The molecule has 0 fully saturated rings. The number of aromatic nitrogens is 2. The average molecular weight is 343 g/mol. The number of carbonyl (C=O) groups is 1. The molecule has 1 heterocycles. The first-order chi connectivity index (χ1) is 10.0. The van der Waals surface area contributed by atoms with E-state index in [2.05, 4.69) is 5.10 Å². The van der Waals surface area contributed by atoms with E-state index in [9.17, 15) is 4.79 Å². The van der Waals surface area contributed by atoms with Crippen LogP contribution in [0.15, 0.2) is 29.2 Å². The number of nitrogens with zero attached hydrogens (tertiary/aromatic N) is 2. The van der Waals surface area contributed by atoms with Crippen molar-refractivity contribution in [2.75, 3.05) is 5.75 Å². The molecule has 0 unspecified atom stereocenters. The molecule has 1 aromatic carbocycles. The molecular weight excluding hydrogens is 327 g/mol. The topological polar surface area (TPSA) is 34.9 Å². The Morgan fingerprint density at radius 2 is 2.14 bits per heavy atom. The Balaban J connectivity index is 1.98. The molecule has 0 aliphatic heterocycles. The number of thioether (sulfide) groups is 1. The van der Waals surface area contributed by atoms with Gasteiger partial charge in [0.1, 0.15) is 5.78 Å². The normalized spacial score (nSPS) is 10.9. The SMILES string of the molecule is CCc1nn(C)c(CC(=O)CSc2cccc(Cl)c2)c1Cl. The molecule has 0 saturated carbocycles. The summed E-state index contributed by atoms with van der Waals surface area (Å²) in [6.07, 6.45) is 1.06. The fourth-order valence-electron chi connectivity index (χ4n) is 1.97. The van der Waals surface area contributed by atoms with E-state index in [0.717, 1.165) is 22.7 Å². The molecule has 3 nitrogen and oxygen atoms in total. The molecule has 1 aromatic heterocycles. The van der Waals surface area contributed by atoms with E-state index in [1.54, 1.807) is 4.68 Å². The maximum absolute atomic E-state index is 12.1. The van der Waals surface area contributed by atoms with E-state index in [1.165, 1.54) is 11.8 Å². The molecule has 0 bridgehead atoms. The van der Waals surface area contributed by atoms with Crippen LogP contribution >= 0.6 is 35.0 Å². The van der Waals surface area contributed by atoms with Gasteiger partial charge in [0, 0.05) is 17.0 Å². The molecule has 112 valence electrons. The van der Waals surface area contributed by atoms with E-state index >= 15 is 0 Å². The average Bonchev–Trinajstić information content (AvgIpc) is 2.72. The van der Waals surface area contributed by atoms with Crippen molar-refractivity contribution in [3.05, 3.63) is 45.7 Å².